The van der Waals surface area contributed by atoms with E-state index in [0.29, 0.717) is 18.8 Å². The minimum Gasteiger partial charge on any atom is -0.497 e. The fourth-order valence-corrected chi connectivity index (χ4v) is 3.88. The average Bonchev–Trinajstić information content (AvgIpc) is 3.24. The lowest BCUT2D eigenvalue weighted by atomic mass is 9.78. The van der Waals surface area contributed by atoms with Gasteiger partial charge in [0.25, 0.3) is 0 Å². The third kappa shape index (κ3) is 5.08. The summed E-state index contributed by atoms with van der Waals surface area (Å²) in [5.41, 5.74) is 1.59. The van der Waals surface area contributed by atoms with Crippen molar-refractivity contribution >= 4 is 17.5 Å². The molecule has 3 rings (SSSR count). The monoisotopic (exact) mass is 396 g/mol. The highest BCUT2D eigenvalue weighted by Crippen LogP contribution is 2.41. The van der Waals surface area contributed by atoms with Gasteiger partial charge in [0.1, 0.15) is 11.5 Å². The van der Waals surface area contributed by atoms with Crippen molar-refractivity contribution in [3.63, 3.8) is 0 Å². The van der Waals surface area contributed by atoms with Crippen LogP contribution in [0.15, 0.2) is 48.5 Å². The van der Waals surface area contributed by atoms with Crippen molar-refractivity contribution in [1.82, 2.24) is 5.32 Å². The summed E-state index contributed by atoms with van der Waals surface area (Å²) in [5, 5.41) is 5.47. The van der Waals surface area contributed by atoms with E-state index in [2.05, 4.69) is 22.8 Å². The van der Waals surface area contributed by atoms with Gasteiger partial charge in [0, 0.05) is 17.6 Å². The van der Waals surface area contributed by atoms with Crippen molar-refractivity contribution in [1.29, 1.82) is 0 Å². The van der Waals surface area contributed by atoms with Gasteiger partial charge >= 0.3 is 11.8 Å². The second-order valence-electron chi connectivity index (χ2n) is 7.31. The molecule has 0 radical (unpaired) electrons. The molecule has 0 heterocycles. The van der Waals surface area contributed by atoms with Crippen molar-refractivity contribution in [3.8, 4) is 11.5 Å². The third-order valence-electron chi connectivity index (χ3n) is 5.48. The molecule has 0 unspecified atom stereocenters. The second kappa shape index (κ2) is 9.45. The quantitative estimate of drug-likeness (QED) is 0.701. The standard InChI is InChI=1S/C23H28N2O4/c1-3-29-20-12-8-18(9-13-20)25-22(27)21(26)24-16-23(14-4-5-15-23)17-6-10-19(28-2)11-7-17/h6-13H,3-5,14-16H2,1-2H3,(H,24,26)(H,25,27). The van der Waals surface area contributed by atoms with Crippen molar-refractivity contribution in [3.05, 3.63) is 54.1 Å². The molecule has 1 aliphatic carbocycles. The molecule has 1 fully saturated rings. The zero-order valence-electron chi connectivity index (χ0n) is 17.0. The summed E-state index contributed by atoms with van der Waals surface area (Å²) in [6.07, 6.45) is 4.20. The van der Waals surface area contributed by atoms with Crippen molar-refractivity contribution < 1.29 is 19.1 Å². The molecule has 6 nitrogen and oxygen atoms in total. The van der Waals surface area contributed by atoms with Crippen LogP contribution in [0.4, 0.5) is 5.69 Å². The molecule has 2 aromatic rings. The normalized spacial score (nSPS) is 14.8. The van der Waals surface area contributed by atoms with E-state index in [4.69, 9.17) is 9.47 Å². The van der Waals surface area contributed by atoms with Crippen molar-refractivity contribution in [2.75, 3.05) is 25.6 Å². The van der Waals surface area contributed by atoms with E-state index in [-0.39, 0.29) is 5.41 Å². The van der Waals surface area contributed by atoms with Gasteiger partial charge in [0.05, 0.1) is 13.7 Å². The van der Waals surface area contributed by atoms with E-state index in [0.717, 1.165) is 37.2 Å². The lowest BCUT2D eigenvalue weighted by molar-refractivity contribution is -0.136. The molecule has 154 valence electrons. The zero-order chi connectivity index (χ0) is 20.7. The second-order valence-corrected chi connectivity index (χ2v) is 7.31. The summed E-state index contributed by atoms with van der Waals surface area (Å²) in [7, 11) is 1.64. The number of hydrogen-bond acceptors (Lipinski definition) is 4. The van der Waals surface area contributed by atoms with E-state index in [9.17, 15) is 9.59 Å². The van der Waals surface area contributed by atoms with E-state index < -0.39 is 11.8 Å². The number of rotatable bonds is 7. The van der Waals surface area contributed by atoms with Gasteiger partial charge in [-0.25, -0.2) is 0 Å². The van der Waals surface area contributed by atoms with Crippen LogP contribution in [0.25, 0.3) is 0 Å². The Morgan fingerprint density at radius 1 is 0.931 bits per heavy atom. The Morgan fingerprint density at radius 3 is 2.14 bits per heavy atom. The van der Waals surface area contributed by atoms with Gasteiger partial charge < -0.3 is 20.1 Å². The van der Waals surface area contributed by atoms with Crippen LogP contribution in [0.5, 0.6) is 11.5 Å². The van der Waals surface area contributed by atoms with Crippen LogP contribution in [-0.2, 0) is 15.0 Å². The first kappa shape index (κ1) is 20.7. The maximum atomic E-state index is 12.4. The van der Waals surface area contributed by atoms with Crippen LogP contribution in [0.1, 0.15) is 38.2 Å². The van der Waals surface area contributed by atoms with Gasteiger partial charge in [-0.3, -0.25) is 9.59 Å². The lowest BCUT2D eigenvalue weighted by Crippen LogP contribution is -2.43. The largest absolute Gasteiger partial charge is 0.497 e. The SMILES string of the molecule is CCOc1ccc(NC(=O)C(=O)NCC2(c3ccc(OC)cc3)CCCC2)cc1. The molecule has 0 aliphatic heterocycles. The topological polar surface area (TPSA) is 76.7 Å². The van der Waals surface area contributed by atoms with Crippen LogP contribution < -0.4 is 20.1 Å². The number of ether oxygens (including phenoxy) is 2. The Kier molecular flexibility index (Phi) is 6.75. The van der Waals surface area contributed by atoms with Crippen LogP contribution in [0.3, 0.4) is 0 Å². The summed E-state index contributed by atoms with van der Waals surface area (Å²) in [6.45, 7) is 2.92. The predicted octanol–water partition coefficient (Wildman–Crippen LogP) is 3.66. The number of amides is 2. The number of hydrogen-bond donors (Lipinski definition) is 2. The van der Waals surface area contributed by atoms with Gasteiger partial charge in [-0.15, -0.1) is 0 Å². The molecule has 6 heteroatoms. The number of anilines is 1. The van der Waals surface area contributed by atoms with E-state index in [1.165, 1.54) is 5.56 Å². The molecule has 0 atom stereocenters. The predicted molar refractivity (Wildman–Crippen MR) is 112 cm³/mol. The number of carbonyl (C=O) groups is 2. The summed E-state index contributed by atoms with van der Waals surface area (Å²) < 4.78 is 10.6. The van der Waals surface area contributed by atoms with Crippen molar-refractivity contribution in [2.45, 2.75) is 38.0 Å². The Labute approximate surface area is 171 Å². The number of nitrogens with one attached hydrogen (secondary N) is 2. The molecule has 29 heavy (non-hydrogen) atoms. The highest BCUT2D eigenvalue weighted by molar-refractivity contribution is 6.39. The Morgan fingerprint density at radius 2 is 1.55 bits per heavy atom. The minimum atomic E-state index is -0.669. The third-order valence-corrected chi connectivity index (χ3v) is 5.48. The maximum Gasteiger partial charge on any atom is 0.313 e. The minimum absolute atomic E-state index is 0.138. The van der Waals surface area contributed by atoms with E-state index >= 15 is 0 Å². The molecule has 2 N–H and O–H groups in total. The molecule has 0 saturated heterocycles. The summed E-state index contributed by atoms with van der Waals surface area (Å²) in [4.78, 5) is 24.7. The van der Waals surface area contributed by atoms with Gasteiger partial charge in [-0.1, -0.05) is 25.0 Å². The first-order valence-electron chi connectivity index (χ1n) is 10.0. The first-order chi connectivity index (χ1) is 14.1. The molecule has 2 amide bonds. The Balaban J connectivity index is 1.60. The Hall–Kier alpha value is -3.02. The molecule has 0 bridgehead atoms. The van der Waals surface area contributed by atoms with Crippen LogP contribution in [0, 0.1) is 0 Å². The summed E-state index contributed by atoms with van der Waals surface area (Å²) in [5.74, 6) is 0.231. The average molecular weight is 396 g/mol. The summed E-state index contributed by atoms with van der Waals surface area (Å²) in [6, 6.07) is 14.9. The van der Waals surface area contributed by atoms with Gasteiger partial charge in [0.15, 0.2) is 0 Å². The van der Waals surface area contributed by atoms with Gasteiger partial charge in [-0.2, -0.15) is 0 Å². The highest BCUT2D eigenvalue weighted by atomic mass is 16.5. The van der Waals surface area contributed by atoms with Crippen molar-refractivity contribution in [2.24, 2.45) is 0 Å². The van der Waals surface area contributed by atoms with E-state index in [1.807, 2.05) is 19.1 Å². The molecule has 0 spiro atoms. The maximum absolute atomic E-state index is 12.4. The zero-order valence-corrected chi connectivity index (χ0v) is 17.0. The van der Waals surface area contributed by atoms with E-state index in [1.54, 1.807) is 31.4 Å². The Bertz CT molecular complexity index is 825. The fraction of sp³-hybridized carbons (Fsp3) is 0.391. The molecule has 1 saturated carbocycles. The smallest absolute Gasteiger partial charge is 0.313 e. The molecule has 1 aliphatic rings. The summed E-state index contributed by atoms with van der Waals surface area (Å²) >= 11 is 0. The fourth-order valence-electron chi connectivity index (χ4n) is 3.88. The van der Waals surface area contributed by atoms with Gasteiger partial charge in [-0.05, 0) is 61.7 Å². The van der Waals surface area contributed by atoms with Gasteiger partial charge in [0.2, 0.25) is 0 Å². The molecular weight excluding hydrogens is 368 g/mol. The number of carbonyl (C=O) groups excluding carboxylic acids is 2. The number of benzene rings is 2. The lowest BCUT2D eigenvalue weighted by Gasteiger charge is -2.30. The van der Waals surface area contributed by atoms with Crippen LogP contribution >= 0.6 is 0 Å². The van der Waals surface area contributed by atoms with Crippen LogP contribution in [0.2, 0.25) is 0 Å². The first-order valence-corrected chi connectivity index (χ1v) is 10.0. The number of methoxy groups -OCH3 is 1. The van der Waals surface area contributed by atoms with Crippen LogP contribution in [-0.4, -0.2) is 32.1 Å². The molecule has 0 aromatic heterocycles. The molecule has 2 aromatic carbocycles. The molecular formula is C23H28N2O4. The highest BCUT2D eigenvalue weighted by Gasteiger charge is 2.36.